The van der Waals surface area contributed by atoms with Gasteiger partial charge in [-0.3, -0.25) is 9.59 Å². The third-order valence-electron chi connectivity index (χ3n) is 3.92. The molecule has 0 amide bonds. The predicted molar refractivity (Wildman–Crippen MR) is 68.2 cm³/mol. The highest BCUT2D eigenvalue weighted by Gasteiger charge is 2.41. The molecule has 0 spiro atoms. The van der Waals surface area contributed by atoms with Crippen molar-refractivity contribution in [3.63, 3.8) is 0 Å². The van der Waals surface area contributed by atoms with E-state index in [0.717, 1.165) is 6.42 Å². The molecular formula is C15H18O3. The van der Waals surface area contributed by atoms with Crippen LogP contribution in [0, 0.1) is 5.92 Å². The van der Waals surface area contributed by atoms with Crippen LogP contribution in [-0.4, -0.2) is 18.9 Å². The lowest BCUT2D eigenvalue weighted by molar-refractivity contribution is -0.151. The van der Waals surface area contributed by atoms with Gasteiger partial charge in [-0.15, -0.1) is 0 Å². The van der Waals surface area contributed by atoms with Gasteiger partial charge in [-0.25, -0.2) is 0 Å². The minimum Gasteiger partial charge on any atom is -0.468 e. The van der Waals surface area contributed by atoms with E-state index in [0.29, 0.717) is 12.8 Å². The number of ether oxygens (including phenoxy) is 1. The summed E-state index contributed by atoms with van der Waals surface area (Å²) in [7, 11) is 1.34. The Hall–Kier alpha value is -1.64. The van der Waals surface area contributed by atoms with Crippen LogP contribution in [0.15, 0.2) is 30.3 Å². The maximum Gasteiger partial charge on any atom is 0.316 e. The van der Waals surface area contributed by atoms with Gasteiger partial charge in [-0.05, 0) is 23.8 Å². The first-order valence-electron chi connectivity index (χ1n) is 6.23. The van der Waals surface area contributed by atoms with E-state index in [1.807, 2.05) is 18.2 Å². The number of rotatable bonds is 2. The van der Waals surface area contributed by atoms with Crippen LogP contribution in [0.2, 0.25) is 0 Å². The highest BCUT2D eigenvalue weighted by molar-refractivity contribution is 5.99. The maximum atomic E-state index is 11.8. The number of methoxy groups -OCH3 is 1. The largest absolute Gasteiger partial charge is 0.468 e. The average molecular weight is 246 g/mol. The third kappa shape index (κ3) is 2.30. The van der Waals surface area contributed by atoms with E-state index >= 15 is 0 Å². The van der Waals surface area contributed by atoms with Gasteiger partial charge in [0.1, 0.15) is 11.7 Å². The second-order valence-corrected chi connectivity index (χ2v) is 5.17. The van der Waals surface area contributed by atoms with Gasteiger partial charge < -0.3 is 4.74 Å². The normalized spacial score (nSPS) is 27.9. The van der Waals surface area contributed by atoms with Crippen LogP contribution in [0.25, 0.3) is 0 Å². The Bertz CT molecular complexity index is 444. The van der Waals surface area contributed by atoms with Crippen LogP contribution in [0.5, 0.6) is 0 Å². The summed E-state index contributed by atoms with van der Waals surface area (Å²) in [5.74, 6) is -0.994. The fourth-order valence-corrected chi connectivity index (χ4v) is 2.70. The van der Waals surface area contributed by atoms with Crippen molar-refractivity contribution in [2.24, 2.45) is 5.92 Å². The van der Waals surface area contributed by atoms with Crippen molar-refractivity contribution in [2.45, 2.75) is 31.6 Å². The Labute approximate surface area is 107 Å². The van der Waals surface area contributed by atoms with Gasteiger partial charge in [0.05, 0.1) is 7.11 Å². The summed E-state index contributed by atoms with van der Waals surface area (Å²) < 4.78 is 4.73. The van der Waals surface area contributed by atoms with E-state index in [9.17, 15) is 9.59 Å². The van der Waals surface area contributed by atoms with E-state index in [1.54, 1.807) is 0 Å². The van der Waals surface area contributed by atoms with Crippen LogP contribution < -0.4 is 0 Å². The van der Waals surface area contributed by atoms with Crippen molar-refractivity contribution in [3.8, 4) is 0 Å². The molecule has 1 aliphatic rings. The van der Waals surface area contributed by atoms with Gasteiger partial charge in [-0.2, -0.15) is 0 Å². The number of hydrogen-bond donors (Lipinski definition) is 0. The highest BCUT2D eigenvalue weighted by atomic mass is 16.5. The number of Topliss-reactive ketones (excluding diaryl/α,β-unsaturated/α-hetero) is 1. The van der Waals surface area contributed by atoms with Crippen LogP contribution in [0.4, 0.5) is 0 Å². The third-order valence-corrected chi connectivity index (χ3v) is 3.92. The Balaban J connectivity index is 2.26. The van der Waals surface area contributed by atoms with Crippen LogP contribution in [0.1, 0.15) is 31.7 Å². The SMILES string of the molecule is COC(=O)C1CC(C)(c2ccccc2)CCC1=O. The Morgan fingerprint density at radius 2 is 2.00 bits per heavy atom. The molecule has 2 atom stereocenters. The quantitative estimate of drug-likeness (QED) is 0.595. The minimum absolute atomic E-state index is 0.00950. The summed E-state index contributed by atoms with van der Waals surface area (Å²) in [5, 5.41) is 0. The first-order valence-corrected chi connectivity index (χ1v) is 6.23. The minimum atomic E-state index is -0.603. The summed E-state index contributed by atoms with van der Waals surface area (Å²) >= 11 is 0. The summed E-state index contributed by atoms with van der Waals surface area (Å²) in [4.78, 5) is 23.5. The van der Waals surface area contributed by atoms with Gasteiger partial charge >= 0.3 is 5.97 Å². The van der Waals surface area contributed by atoms with E-state index in [4.69, 9.17) is 4.74 Å². The summed E-state index contributed by atoms with van der Waals surface area (Å²) in [6.45, 7) is 2.12. The highest BCUT2D eigenvalue weighted by Crippen LogP contribution is 2.40. The van der Waals surface area contributed by atoms with Crippen LogP contribution in [0.3, 0.4) is 0 Å². The Morgan fingerprint density at radius 1 is 1.33 bits per heavy atom. The molecule has 1 aromatic rings. The fourth-order valence-electron chi connectivity index (χ4n) is 2.70. The molecule has 0 heterocycles. The van der Waals surface area contributed by atoms with Gasteiger partial charge in [0.2, 0.25) is 0 Å². The summed E-state index contributed by atoms with van der Waals surface area (Å²) in [6.07, 6.45) is 1.79. The van der Waals surface area contributed by atoms with E-state index in [2.05, 4.69) is 19.1 Å². The Kier molecular flexibility index (Phi) is 3.50. The van der Waals surface area contributed by atoms with Crippen molar-refractivity contribution < 1.29 is 14.3 Å². The van der Waals surface area contributed by atoms with Gasteiger partial charge in [0.15, 0.2) is 0 Å². The predicted octanol–water partition coefficient (Wildman–Crippen LogP) is 2.49. The molecule has 0 aromatic heterocycles. The molecule has 0 N–H and O–H groups in total. The number of hydrogen-bond acceptors (Lipinski definition) is 3. The monoisotopic (exact) mass is 246 g/mol. The molecule has 2 rings (SSSR count). The zero-order chi connectivity index (χ0) is 13.2. The standard InChI is InChI=1S/C15H18O3/c1-15(11-6-4-3-5-7-11)9-8-13(16)12(10-15)14(17)18-2/h3-7,12H,8-10H2,1-2H3. The molecular weight excluding hydrogens is 228 g/mol. The fraction of sp³-hybridized carbons (Fsp3) is 0.467. The number of carbonyl (C=O) groups excluding carboxylic acids is 2. The van der Waals surface area contributed by atoms with E-state index < -0.39 is 11.9 Å². The Morgan fingerprint density at radius 3 is 2.61 bits per heavy atom. The second-order valence-electron chi connectivity index (χ2n) is 5.17. The molecule has 3 nitrogen and oxygen atoms in total. The molecule has 0 bridgehead atoms. The van der Waals surface area contributed by atoms with Crippen LogP contribution in [-0.2, 0) is 19.7 Å². The van der Waals surface area contributed by atoms with Crippen molar-refractivity contribution in [2.75, 3.05) is 7.11 Å². The lowest BCUT2D eigenvalue weighted by atomic mass is 9.66. The number of ketones is 1. The zero-order valence-electron chi connectivity index (χ0n) is 10.8. The van der Waals surface area contributed by atoms with Crippen molar-refractivity contribution in [1.29, 1.82) is 0 Å². The van der Waals surface area contributed by atoms with E-state index in [1.165, 1.54) is 12.7 Å². The van der Waals surface area contributed by atoms with Crippen molar-refractivity contribution >= 4 is 11.8 Å². The molecule has 2 unspecified atom stereocenters. The molecule has 1 aromatic carbocycles. The zero-order valence-corrected chi connectivity index (χ0v) is 10.8. The first kappa shape index (κ1) is 12.8. The molecule has 96 valence electrons. The molecule has 1 saturated carbocycles. The summed E-state index contributed by atoms with van der Waals surface area (Å²) in [6, 6.07) is 10.1. The molecule has 1 fully saturated rings. The molecule has 0 saturated heterocycles. The molecule has 0 radical (unpaired) electrons. The number of esters is 1. The van der Waals surface area contributed by atoms with Gasteiger partial charge in [-0.1, -0.05) is 37.3 Å². The lowest BCUT2D eigenvalue weighted by Gasteiger charge is -2.36. The van der Waals surface area contributed by atoms with Crippen molar-refractivity contribution in [1.82, 2.24) is 0 Å². The number of carbonyl (C=O) groups is 2. The summed E-state index contributed by atoms with van der Waals surface area (Å²) in [5.41, 5.74) is 1.07. The molecule has 3 heteroatoms. The van der Waals surface area contributed by atoms with Crippen LogP contribution >= 0.6 is 0 Å². The maximum absolute atomic E-state index is 11.8. The van der Waals surface area contributed by atoms with Crippen molar-refractivity contribution in [3.05, 3.63) is 35.9 Å². The molecule has 18 heavy (non-hydrogen) atoms. The average Bonchev–Trinajstić information content (AvgIpc) is 2.42. The lowest BCUT2D eigenvalue weighted by Crippen LogP contribution is -2.39. The first-order chi connectivity index (χ1) is 8.57. The number of benzene rings is 1. The molecule has 1 aliphatic carbocycles. The second kappa shape index (κ2) is 4.92. The molecule has 0 aliphatic heterocycles. The smallest absolute Gasteiger partial charge is 0.316 e. The van der Waals surface area contributed by atoms with Gasteiger partial charge in [0.25, 0.3) is 0 Å². The van der Waals surface area contributed by atoms with Gasteiger partial charge in [0, 0.05) is 6.42 Å². The topological polar surface area (TPSA) is 43.4 Å². The van der Waals surface area contributed by atoms with E-state index in [-0.39, 0.29) is 11.2 Å².